The summed E-state index contributed by atoms with van der Waals surface area (Å²) in [6.07, 6.45) is 1.51. The second kappa shape index (κ2) is 8.08. The summed E-state index contributed by atoms with van der Waals surface area (Å²) in [6.45, 7) is 3.45. The highest BCUT2D eigenvalue weighted by molar-refractivity contribution is 5.82. The number of benzene rings is 2. The van der Waals surface area contributed by atoms with E-state index < -0.39 is 5.97 Å². The maximum atomic E-state index is 12.8. The predicted octanol–water partition coefficient (Wildman–Crippen LogP) is 3.91. The molecule has 2 aromatic carbocycles. The molecule has 120 valence electrons. The van der Waals surface area contributed by atoms with Gasteiger partial charge in [0.15, 0.2) is 6.61 Å². The minimum Gasteiger partial charge on any atom is -0.482 e. The van der Waals surface area contributed by atoms with E-state index in [1.807, 2.05) is 12.1 Å². The van der Waals surface area contributed by atoms with Crippen molar-refractivity contribution in [3.05, 3.63) is 59.9 Å². The van der Waals surface area contributed by atoms with Crippen LogP contribution in [0.5, 0.6) is 5.75 Å². The molecule has 0 atom stereocenters. The molecular formula is C18H18FNO3. The van der Waals surface area contributed by atoms with Gasteiger partial charge in [0.05, 0.1) is 11.8 Å². The average molecular weight is 315 g/mol. The van der Waals surface area contributed by atoms with Crippen LogP contribution >= 0.6 is 0 Å². The first-order valence-electron chi connectivity index (χ1n) is 7.25. The summed E-state index contributed by atoms with van der Waals surface area (Å²) in [5.74, 6) is -0.118. The summed E-state index contributed by atoms with van der Waals surface area (Å²) in [4.78, 5) is 15.6. The van der Waals surface area contributed by atoms with Crippen LogP contribution in [0, 0.1) is 5.82 Å². The second-order valence-corrected chi connectivity index (χ2v) is 5.13. The Morgan fingerprint density at radius 1 is 1.13 bits per heavy atom. The second-order valence-electron chi connectivity index (χ2n) is 5.13. The maximum absolute atomic E-state index is 12.8. The van der Waals surface area contributed by atoms with Crippen LogP contribution in [0.15, 0.2) is 53.5 Å². The molecule has 0 bridgehead atoms. The van der Waals surface area contributed by atoms with Crippen LogP contribution < -0.4 is 4.74 Å². The third-order valence-corrected chi connectivity index (χ3v) is 2.79. The van der Waals surface area contributed by atoms with Crippen molar-refractivity contribution >= 4 is 17.9 Å². The van der Waals surface area contributed by atoms with Crippen LogP contribution in [0.25, 0.3) is 0 Å². The molecule has 0 aromatic heterocycles. The van der Waals surface area contributed by atoms with Gasteiger partial charge in [0.25, 0.3) is 0 Å². The first kappa shape index (κ1) is 16.7. The van der Waals surface area contributed by atoms with Crippen LogP contribution in [0.1, 0.15) is 19.4 Å². The molecule has 0 aliphatic rings. The largest absolute Gasteiger partial charge is 0.482 e. The summed E-state index contributed by atoms with van der Waals surface area (Å²) < 4.78 is 23.1. The average Bonchev–Trinajstić information content (AvgIpc) is 2.53. The minimum absolute atomic E-state index is 0.124. The van der Waals surface area contributed by atoms with E-state index in [-0.39, 0.29) is 18.5 Å². The third kappa shape index (κ3) is 5.90. The first-order valence-corrected chi connectivity index (χ1v) is 7.25. The molecule has 2 rings (SSSR count). The van der Waals surface area contributed by atoms with Gasteiger partial charge < -0.3 is 9.47 Å². The Balaban J connectivity index is 1.89. The standard InChI is InChI=1S/C18H18FNO3/c1-13(2)23-18(21)12-22-17-9-3-14(4-10-17)11-20-16-7-5-15(19)6-8-16/h3-11,13H,12H2,1-2H3. The number of hydrogen-bond acceptors (Lipinski definition) is 4. The van der Waals surface area contributed by atoms with E-state index in [0.717, 1.165) is 5.56 Å². The fourth-order valence-corrected chi connectivity index (χ4v) is 1.77. The Bertz CT molecular complexity index is 664. The lowest BCUT2D eigenvalue weighted by atomic mass is 10.2. The van der Waals surface area contributed by atoms with Crippen molar-refractivity contribution in [1.29, 1.82) is 0 Å². The topological polar surface area (TPSA) is 47.9 Å². The number of carbonyl (C=O) groups is 1. The van der Waals surface area contributed by atoms with Crippen molar-refractivity contribution in [3.8, 4) is 5.75 Å². The lowest BCUT2D eigenvalue weighted by Gasteiger charge is -2.09. The molecule has 0 N–H and O–H groups in total. The van der Waals surface area contributed by atoms with Crippen molar-refractivity contribution in [3.63, 3.8) is 0 Å². The number of esters is 1. The number of ether oxygens (including phenoxy) is 2. The van der Waals surface area contributed by atoms with Crippen molar-refractivity contribution in [2.24, 2.45) is 4.99 Å². The van der Waals surface area contributed by atoms with Gasteiger partial charge in [0, 0.05) is 6.21 Å². The summed E-state index contributed by atoms with van der Waals surface area (Å²) in [5.41, 5.74) is 1.54. The number of carbonyl (C=O) groups excluding carboxylic acids is 1. The molecule has 0 spiro atoms. The predicted molar refractivity (Wildman–Crippen MR) is 86.8 cm³/mol. The highest BCUT2D eigenvalue weighted by atomic mass is 19.1. The molecule has 0 unspecified atom stereocenters. The molecule has 0 radical (unpaired) electrons. The van der Waals surface area contributed by atoms with E-state index in [0.29, 0.717) is 11.4 Å². The molecule has 0 amide bonds. The van der Waals surface area contributed by atoms with E-state index in [1.165, 1.54) is 12.1 Å². The summed E-state index contributed by atoms with van der Waals surface area (Å²) >= 11 is 0. The minimum atomic E-state index is -0.401. The molecule has 0 saturated carbocycles. The Kier molecular flexibility index (Phi) is 5.86. The van der Waals surface area contributed by atoms with Gasteiger partial charge in [-0.1, -0.05) is 0 Å². The summed E-state index contributed by atoms with van der Waals surface area (Å²) in [6, 6.07) is 13.0. The van der Waals surface area contributed by atoms with Crippen molar-refractivity contribution in [2.45, 2.75) is 20.0 Å². The zero-order chi connectivity index (χ0) is 16.7. The van der Waals surface area contributed by atoms with E-state index in [1.54, 1.807) is 44.3 Å². The number of rotatable bonds is 6. The van der Waals surface area contributed by atoms with E-state index in [4.69, 9.17) is 9.47 Å². The van der Waals surface area contributed by atoms with Crippen LogP contribution in [0.4, 0.5) is 10.1 Å². The molecule has 4 nitrogen and oxygen atoms in total. The number of hydrogen-bond donors (Lipinski definition) is 0. The zero-order valence-corrected chi connectivity index (χ0v) is 13.0. The number of halogens is 1. The lowest BCUT2D eigenvalue weighted by molar-refractivity contribution is -0.149. The Hall–Kier alpha value is -2.69. The van der Waals surface area contributed by atoms with Crippen molar-refractivity contribution < 1.29 is 18.7 Å². The molecule has 0 aliphatic heterocycles. The molecule has 0 fully saturated rings. The zero-order valence-electron chi connectivity index (χ0n) is 13.0. The highest BCUT2D eigenvalue weighted by Crippen LogP contribution is 2.14. The molecule has 23 heavy (non-hydrogen) atoms. The van der Waals surface area contributed by atoms with Gasteiger partial charge in [-0.2, -0.15) is 0 Å². The van der Waals surface area contributed by atoms with Gasteiger partial charge in [-0.15, -0.1) is 0 Å². The fourth-order valence-electron chi connectivity index (χ4n) is 1.77. The van der Waals surface area contributed by atoms with Gasteiger partial charge >= 0.3 is 5.97 Å². The van der Waals surface area contributed by atoms with Crippen LogP contribution in [-0.2, 0) is 9.53 Å². The normalized spacial score (nSPS) is 11.0. The number of aliphatic imine (C=N–C) groups is 1. The van der Waals surface area contributed by atoms with Gasteiger partial charge in [0.2, 0.25) is 0 Å². The quantitative estimate of drug-likeness (QED) is 0.600. The fraction of sp³-hybridized carbons (Fsp3) is 0.222. The third-order valence-electron chi connectivity index (χ3n) is 2.79. The van der Waals surface area contributed by atoms with E-state index in [9.17, 15) is 9.18 Å². The molecule has 0 heterocycles. The maximum Gasteiger partial charge on any atom is 0.344 e. The summed E-state index contributed by atoms with van der Waals surface area (Å²) in [7, 11) is 0. The lowest BCUT2D eigenvalue weighted by Crippen LogP contribution is -2.18. The van der Waals surface area contributed by atoms with E-state index >= 15 is 0 Å². The monoisotopic (exact) mass is 315 g/mol. The number of nitrogens with zero attached hydrogens (tertiary/aromatic N) is 1. The Morgan fingerprint density at radius 3 is 2.39 bits per heavy atom. The Labute approximate surface area is 134 Å². The van der Waals surface area contributed by atoms with Crippen LogP contribution in [0.2, 0.25) is 0 Å². The van der Waals surface area contributed by atoms with Crippen LogP contribution in [0.3, 0.4) is 0 Å². The molecule has 2 aromatic rings. The molecule has 0 saturated heterocycles. The highest BCUT2D eigenvalue weighted by Gasteiger charge is 2.06. The summed E-state index contributed by atoms with van der Waals surface area (Å²) in [5, 5.41) is 0. The first-order chi connectivity index (χ1) is 11.0. The van der Waals surface area contributed by atoms with Crippen LogP contribution in [-0.4, -0.2) is 24.9 Å². The van der Waals surface area contributed by atoms with Crippen molar-refractivity contribution in [1.82, 2.24) is 0 Å². The van der Waals surface area contributed by atoms with E-state index in [2.05, 4.69) is 4.99 Å². The smallest absolute Gasteiger partial charge is 0.344 e. The van der Waals surface area contributed by atoms with Gasteiger partial charge in [-0.25, -0.2) is 9.18 Å². The Morgan fingerprint density at radius 2 is 1.78 bits per heavy atom. The van der Waals surface area contributed by atoms with Gasteiger partial charge in [-0.3, -0.25) is 4.99 Å². The SMILES string of the molecule is CC(C)OC(=O)COc1ccc(C=Nc2ccc(F)cc2)cc1. The van der Waals surface area contributed by atoms with Gasteiger partial charge in [0.1, 0.15) is 11.6 Å². The van der Waals surface area contributed by atoms with Gasteiger partial charge in [-0.05, 0) is 67.9 Å². The molecule has 5 heteroatoms. The molecule has 0 aliphatic carbocycles. The molecular weight excluding hydrogens is 297 g/mol. The van der Waals surface area contributed by atoms with Crippen molar-refractivity contribution in [2.75, 3.05) is 6.61 Å².